The van der Waals surface area contributed by atoms with Crippen LogP contribution in [0.1, 0.15) is 55.7 Å². The molecule has 2 aromatic heterocycles. The number of nitrogen functional groups attached to an aromatic ring is 1. The van der Waals surface area contributed by atoms with Crippen LogP contribution in [0.4, 0.5) is 30.4 Å². The van der Waals surface area contributed by atoms with Gasteiger partial charge >= 0.3 is 11.9 Å². The van der Waals surface area contributed by atoms with Gasteiger partial charge in [-0.1, -0.05) is 12.8 Å². The molecule has 2 aliphatic carbocycles. The third-order valence-corrected chi connectivity index (χ3v) is 6.76. The van der Waals surface area contributed by atoms with E-state index in [-0.39, 0.29) is 45.5 Å². The van der Waals surface area contributed by atoms with Gasteiger partial charge in [0, 0.05) is 43.8 Å². The lowest BCUT2D eigenvalue weighted by Gasteiger charge is -2.34. The summed E-state index contributed by atoms with van der Waals surface area (Å²) in [6.07, 6.45) is 2.06. The minimum absolute atomic E-state index is 0.0335. The van der Waals surface area contributed by atoms with Crippen molar-refractivity contribution in [2.75, 3.05) is 37.9 Å². The molecule has 8 nitrogen and oxygen atoms in total. The van der Waals surface area contributed by atoms with Gasteiger partial charge in [0.2, 0.25) is 5.82 Å². The lowest BCUT2D eigenvalue weighted by atomic mass is 9.86. The summed E-state index contributed by atoms with van der Waals surface area (Å²) in [6, 6.07) is 2.44. The first-order valence-corrected chi connectivity index (χ1v) is 11.3. The van der Waals surface area contributed by atoms with Crippen LogP contribution in [0.25, 0.3) is 11.3 Å². The van der Waals surface area contributed by atoms with Crippen molar-refractivity contribution in [2.24, 2.45) is 5.41 Å². The summed E-state index contributed by atoms with van der Waals surface area (Å²) in [6.45, 7) is 0.997. The van der Waals surface area contributed by atoms with E-state index in [1.165, 1.54) is 12.3 Å². The Kier molecular flexibility index (Phi) is 6.41. The number of pyridine rings is 2. The number of halogens is 3. The number of aromatic nitrogens is 2. The van der Waals surface area contributed by atoms with Crippen LogP contribution in [0, 0.1) is 15.5 Å². The lowest BCUT2D eigenvalue weighted by molar-refractivity contribution is -0.383. The number of nitrogens with zero attached hydrogens (tertiary/aromatic N) is 4. The summed E-state index contributed by atoms with van der Waals surface area (Å²) in [5.41, 5.74) is 5.10. The molecular weight excluding hydrogens is 451 g/mol. The van der Waals surface area contributed by atoms with Crippen LogP contribution in [0.5, 0.6) is 0 Å². The molecule has 0 atom stereocenters. The fourth-order valence-corrected chi connectivity index (χ4v) is 5.06. The molecule has 0 unspecified atom stereocenters. The fourth-order valence-electron chi connectivity index (χ4n) is 5.06. The number of rotatable bonds is 8. The number of anilines is 2. The van der Waals surface area contributed by atoms with E-state index in [1.54, 1.807) is 19.1 Å². The van der Waals surface area contributed by atoms with Gasteiger partial charge in [-0.3, -0.25) is 15.1 Å². The topological polar surface area (TPSA) is 107 Å². The minimum Gasteiger partial charge on any atom is -0.384 e. The number of alkyl halides is 3. The van der Waals surface area contributed by atoms with Crippen molar-refractivity contribution in [1.29, 1.82) is 0 Å². The van der Waals surface area contributed by atoms with Crippen molar-refractivity contribution >= 4 is 17.2 Å². The molecule has 2 aliphatic rings. The zero-order valence-electron chi connectivity index (χ0n) is 19.2. The number of hydrogen-bond donors (Lipinski definition) is 1. The molecule has 0 aromatic carbocycles. The second-order valence-corrected chi connectivity index (χ2v) is 9.44. The van der Waals surface area contributed by atoms with Crippen molar-refractivity contribution < 1.29 is 22.8 Å². The third kappa shape index (κ3) is 4.79. The third-order valence-electron chi connectivity index (χ3n) is 6.76. The van der Waals surface area contributed by atoms with E-state index in [2.05, 4.69) is 9.97 Å². The number of nitro groups is 1. The first-order valence-electron chi connectivity index (χ1n) is 11.3. The maximum Gasteiger partial charge on any atom is 0.418 e. The molecule has 2 heterocycles. The maximum absolute atomic E-state index is 13.7. The highest BCUT2D eigenvalue weighted by Crippen LogP contribution is 2.46. The Morgan fingerprint density at radius 2 is 1.97 bits per heavy atom. The summed E-state index contributed by atoms with van der Waals surface area (Å²) in [5, 5.41) is 11.8. The molecular formula is C23H28F3N5O3. The molecule has 34 heavy (non-hydrogen) atoms. The van der Waals surface area contributed by atoms with Crippen LogP contribution >= 0.6 is 0 Å². The van der Waals surface area contributed by atoms with Crippen LogP contribution < -0.4 is 10.6 Å². The normalized spacial score (nSPS) is 17.7. The van der Waals surface area contributed by atoms with E-state index in [0.717, 1.165) is 31.7 Å². The van der Waals surface area contributed by atoms with Crippen LogP contribution in [0.15, 0.2) is 18.3 Å². The van der Waals surface area contributed by atoms with Gasteiger partial charge in [0.15, 0.2) is 0 Å². The highest BCUT2D eigenvalue weighted by atomic mass is 19.4. The second kappa shape index (κ2) is 9.01. The van der Waals surface area contributed by atoms with Crippen LogP contribution in [0.2, 0.25) is 0 Å². The first-order chi connectivity index (χ1) is 16.0. The second-order valence-electron chi connectivity index (χ2n) is 9.44. The van der Waals surface area contributed by atoms with E-state index in [0.29, 0.717) is 26.0 Å². The van der Waals surface area contributed by atoms with E-state index >= 15 is 0 Å². The molecule has 4 rings (SSSR count). The fraction of sp³-hybridized carbons (Fsp3) is 0.565. The lowest BCUT2D eigenvalue weighted by Crippen LogP contribution is -2.37. The zero-order chi connectivity index (χ0) is 24.7. The van der Waals surface area contributed by atoms with Gasteiger partial charge in [0.25, 0.3) is 0 Å². The summed E-state index contributed by atoms with van der Waals surface area (Å²) in [5.74, 6) is -0.540. The Morgan fingerprint density at radius 3 is 2.53 bits per heavy atom. The van der Waals surface area contributed by atoms with E-state index < -0.39 is 16.7 Å². The van der Waals surface area contributed by atoms with Gasteiger partial charge in [0.05, 0.1) is 28.5 Å². The number of nitrogens with two attached hydrogens (primary N) is 1. The van der Waals surface area contributed by atoms with Gasteiger partial charge in [-0.05, 0) is 37.8 Å². The Hall–Kier alpha value is -2.95. The van der Waals surface area contributed by atoms with Crippen molar-refractivity contribution in [3.05, 3.63) is 39.7 Å². The van der Waals surface area contributed by atoms with Gasteiger partial charge in [0.1, 0.15) is 5.69 Å². The SMILES string of the molecule is COCC1(CN(C)c2cc(-c3cnc(C4CC4)c(C(F)(F)F)c3)nc(N)c2[N+](=O)[O-])CCCC1. The largest absolute Gasteiger partial charge is 0.418 e. The van der Waals surface area contributed by atoms with Gasteiger partial charge in [-0.2, -0.15) is 13.2 Å². The van der Waals surface area contributed by atoms with E-state index in [9.17, 15) is 23.3 Å². The highest BCUT2D eigenvalue weighted by molar-refractivity contribution is 5.78. The molecule has 184 valence electrons. The van der Waals surface area contributed by atoms with Crippen molar-refractivity contribution in [3.63, 3.8) is 0 Å². The van der Waals surface area contributed by atoms with Gasteiger partial charge in [-0.15, -0.1) is 0 Å². The molecule has 2 fully saturated rings. The highest BCUT2D eigenvalue weighted by Gasteiger charge is 2.40. The first kappa shape index (κ1) is 24.2. The van der Waals surface area contributed by atoms with Crippen molar-refractivity contribution in [2.45, 2.75) is 50.6 Å². The molecule has 0 saturated heterocycles. The molecule has 2 saturated carbocycles. The van der Waals surface area contributed by atoms with Crippen LogP contribution in [0.3, 0.4) is 0 Å². The molecule has 11 heteroatoms. The average molecular weight is 480 g/mol. The number of ether oxygens (including phenoxy) is 1. The average Bonchev–Trinajstić information content (AvgIpc) is 3.52. The summed E-state index contributed by atoms with van der Waals surface area (Å²) >= 11 is 0. The summed E-state index contributed by atoms with van der Waals surface area (Å²) < 4.78 is 46.6. The molecule has 0 bridgehead atoms. The van der Waals surface area contributed by atoms with E-state index in [4.69, 9.17) is 10.5 Å². The summed E-state index contributed by atoms with van der Waals surface area (Å²) in [7, 11) is 3.35. The smallest absolute Gasteiger partial charge is 0.384 e. The Labute approximate surface area is 195 Å². The quantitative estimate of drug-likeness (QED) is 0.411. The summed E-state index contributed by atoms with van der Waals surface area (Å²) in [4.78, 5) is 21.1. The Bertz CT molecular complexity index is 1080. The van der Waals surface area contributed by atoms with Gasteiger partial charge in [-0.25, -0.2) is 4.98 Å². The molecule has 2 aromatic rings. The van der Waals surface area contributed by atoms with Crippen molar-refractivity contribution in [1.82, 2.24) is 9.97 Å². The Balaban J connectivity index is 1.77. The molecule has 0 spiro atoms. The zero-order valence-corrected chi connectivity index (χ0v) is 19.2. The van der Waals surface area contributed by atoms with E-state index in [1.807, 2.05) is 0 Å². The predicted molar refractivity (Wildman–Crippen MR) is 122 cm³/mol. The van der Waals surface area contributed by atoms with Crippen molar-refractivity contribution in [3.8, 4) is 11.3 Å². The van der Waals surface area contributed by atoms with Gasteiger partial charge < -0.3 is 15.4 Å². The molecule has 0 aliphatic heterocycles. The number of hydrogen-bond acceptors (Lipinski definition) is 7. The van der Waals surface area contributed by atoms with Crippen LogP contribution in [-0.2, 0) is 10.9 Å². The molecule has 0 radical (unpaired) electrons. The standard InChI is InChI=1S/C23H28F3N5O3/c1-30(12-22(13-34-2)7-3-4-8-22)18-10-17(29-21(27)20(18)31(32)33)15-9-16(23(24,25)26)19(28-11-15)14-5-6-14/h9-11,14H,3-8,12-13H2,1-2H3,(H2,27,29). The predicted octanol–water partition coefficient (Wildman–Crippen LogP) is 5.17. The molecule has 2 N–H and O–H groups in total. The minimum atomic E-state index is -4.57. The maximum atomic E-state index is 13.7. The number of methoxy groups -OCH3 is 1. The molecule has 0 amide bonds. The Morgan fingerprint density at radius 1 is 1.29 bits per heavy atom. The monoisotopic (exact) mass is 479 g/mol. The van der Waals surface area contributed by atoms with Crippen LogP contribution in [-0.4, -0.2) is 42.2 Å².